The Bertz CT molecular complexity index is 3080. The summed E-state index contributed by atoms with van der Waals surface area (Å²) in [5, 5.41) is 2.41. The molecule has 0 aliphatic heterocycles. The first-order chi connectivity index (χ1) is 33.3. The van der Waals surface area contributed by atoms with E-state index in [0.29, 0.717) is 0 Å². The summed E-state index contributed by atoms with van der Waals surface area (Å²) in [6, 6.07) is 54.3. The Morgan fingerprint density at radius 1 is 0.406 bits per heavy atom. The molecule has 69 heavy (non-hydrogen) atoms. The van der Waals surface area contributed by atoms with Crippen molar-refractivity contribution in [3.05, 3.63) is 237 Å². The van der Waals surface area contributed by atoms with Crippen LogP contribution in [0.2, 0.25) is 0 Å². The fraction of sp³-hybridized carbons (Fsp3) is 0.265. The molecule has 7 aromatic carbocycles. The maximum absolute atomic E-state index is 5.71. The van der Waals surface area contributed by atoms with E-state index in [9.17, 15) is 0 Å². The predicted molar refractivity (Wildman–Crippen MR) is 304 cm³/mol. The minimum atomic E-state index is 0.238. The number of aryl methyl sites for hydroxylation is 6. The van der Waals surface area contributed by atoms with Gasteiger partial charge in [-0.15, -0.1) is 0 Å². The van der Waals surface area contributed by atoms with Crippen molar-refractivity contribution in [2.75, 3.05) is 0 Å². The van der Waals surface area contributed by atoms with Gasteiger partial charge in [0.1, 0.15) is 11.2 Å². The Morgan fingerprint density at radius 2 is 0.913 bits per heavy atom. The summed E-state index contributed by atoms with van der Waals surface area (Å²) in [4.78, 5) is 0. The van der Waals surface area contributed by atoms with Crippen LogP contribution in [0, 0.1) is 41.5 Å². The van der Waals surface area contributed by atoms with Crippen LogP contribution in [0.4, 0.5) is 0 Å². The third kappa shape index (κ3) is 12.5. The van der Waals surface area contributed by atoms with Gasteiger partial charge in [0, 0.05) is 16.2 Å². The third-order valence-electron chi connectivity index (χ3n) is 13.3. The zero-order valence-corrected chi connectivity index (χ0v) is 44.0. The van der Waals surface area contributed by atoms with Crippen LogP contribution in [-0.2, 0) is 5.41 Å². The lowest BCUT2D eigenvalue weighted by Gasteiger charge is -2.25. The van der Waals surface area contributed by atoms with Crippen LogP contribution in [0.1, 0.15) is 124 Å². The molecule has 1 aromatic heterocycles. The standard InChI is InChI=1S/C27H26.C16H18.C13H10O.C8H10.2C2H6/c1-19-11-13-22(14-12-19)23-8-6-9-24(18-23)25-15-16-27(21(3)17-25)26-10-5-4-7-20(26)2;1-11-8-9-13-12-6-4-5-7-14(12)16(2,3)15(13)10-11;1-9-6-7-13-11(8-9)10-4-2-3-5-12(10)14-13;1-7-3-5-8(2)6-4-7;2*1-2/h5-6,8-18H,4,7H2,1-3H3;4,6,8-10H,5,7H2,1-3H3;2-8H,1H3;3-6H,1-2H3;2*1-2H3. The van der Waals surface area contributed by atoms with Crippen molar-refractivity contribution in [3.8, 4) is 22.3 Å². The zero-order valence-electron chi connectivity index (χ0n) is 44.0. The van der Waals surface area contributed by atoms with Gasteiger partial charge < -0.3 is 4.42 Å². The van der Waals surface area contributed by atoms with Crippen molar-refractivity contribution in [1.82, 2.24) is 0 Å². The molecule has 8 aromatic rings. The van der Waals surface area contributed by atoms with Crippen molar-refractivity contribution < 1.29 is 4.42 Å². The number of benzene rings is 7. The van der Waals surface area contributed by atoms with Gasteiger partial charge in [-0.25, -0.2) is 0 Å². The maximum atomic E-state index is 5.71. The molecule has 0 saturated heterocycles. The highest BCUT2D eigenvalue weighted by atomic mass is 16.3. The molecule has 11 rings (SSSR count). The number of hydrogen-bond acceptors (Lipinski definition) is 1. The average Bonchev–Trinajstić information content (AvgIpc) is 3.85. The van der Waals surface area contributed by atoms with E-state index in [1.54, 1.807) is 5.57 Å². The van der Waals surface area contributed by atoms with Gasteiger partial charge in [-0.05, 0) is 154 Å². The van der Waals surface area contributed by atoms with Crippen LogP contribution in [0.25, 0.3) is 55.3 Å². The van der Waals surface area contributed by atoms with E-state index in [2.05, 4.69) is 214 Å². The summed E-state index contributed by atoms with van der Waals surface area (Å²) < 4.78 is 5.71. The van der Waals surface area contributed by atoms with Crippen molar-refractivity contribution in [2.45, 2.75) is 121 Å². The fourth-order valence-electron chi connectivity index (χ4n) is 9.48. The van der Waals surface area contributed by atoms with E-state index >= 15 is 0 Å². The lowest BCUT2D eigenvalue weighted by molar-refractivity contribution is 0.607. The van der Waals surface area contributed by atoms with Gasteiger partial charge in [0.05, 0.1) is 0 Å². The molecule has 0 bridgehead atoms. The van der Waals surface area contributed by atoms with E-state index in [-0.39, 0.29) is 5.41 Å². The molecule has 1 heteroatoms. The van der Waals surface area contributed by atoms with Crippen LogP contribution in [-0.4, -0.2) is 0 Å². The van der Waals surface area contributed by atoms with Gasteiger partial charge in [-0.3, -0.25) is 0 Å². The minimum Gasteiger partial charge on any atom is -0.456 e. The van der Waals surface area contributed by atoms with Gasteiger partial charge in [0.25, 0.3) is 0 Å². The average molecular weight is 909 g/mol. The molecule has 3 aliphatic rings. The molecule has 0 radical (unpaired) electrons. The molecule has 3 aliphatic carbocycles. The quantitative estimate of drug-likeness (QED) is 0.172. The molecule has 0 N–H and O–H groups in total. The van der Waals surface area contributed by atoms with Gasteiger partial charge in [0.2, 0.25) is 0 Å². The van der Waals surface area contributed by atoms with E-state index < -0.39 is 0 Å². The Labute approximate surface area is 416 Å². The first kappa shape index (κ1) is 51.7. The summed E-state index contributed by atoms with van der Waals surface area (Å²) >= 11 is 0. The van der Waals surface area contributed by atoms with Crippen molar-refractivity contribution >= 4 is 33.1 Å². The Hall–Kier alpha value is -6.70. The van der Waals surface area contributed by atoms with Crippen LogP contribution in [0.15, 0.2) is 192 Å². The first-order valence-electron chi connectivity index (χ1n) is 25.4. The molecule has 1 nitrogen and oxygen atoms in total. The SMILES string of the molecule is CC.CC.CC1=C(c2ccc(-c3cccc(-c4ccc(C)cc4)c3)cc2C)C=CCC1.Cc1ccc(C)cc1.Cc1ccc2c(c1)C(C)(C)C1=C2C=CCC1.Cc1ccc2oc3ccccc3c2c1. The molecule has 354 valence electrons. The second-order valence-electron chi connectivity index (χ2n) is 18.9. The normalized spacial score (nSPS) is 13.8. The summed E-state index contributed by atoms with van der Waals surface area (Å²) in [5.74, 6) is 0. The molecule has 0 saturated carbocycles. The summed E-state index contributed by atoms with van der Waals surface area (Å²) in [6.45, 7) is 27.8. The van der Waals surface area contributed by atoms with Crippen LogP contribution in [0.3, 0.4) is 0 Å². The second kappa shape index (κ2) is 24.0. The third-order valence-corrected chi connectivity index (χ3v) is 13.3. The number of rotatable bonds is 3. The number of fused-ring (bicyclic) bond motifs is 5. The molecule has 0 atom stereocenters. The van der Waals surface area contributed by atoms with E-state index in [0.717, 1.165) is 17.6 Å². The Morgan fingerprint density at radius 3 is 1.57 bits per heavy atom. The Kier molecular flexibility index (Phi) is 18.0. The second-order valence-corrected chi connectivity index (χ2v) is 18.9. The molecular weight excluding hydrogens is 833 g/mol. The molecule has 0 fully saturated rings. The topological polar surface area (TPSA) is 13.1 Å². The lowest BCUT2D eigenvalue weighted by Crippen LogP contribution is -2.17. The van der Waals surface area contributed by atoms with E-state index in [1.807, 2.05) is 52.0 Å². The number of furan rings is 1. The van der Waals surface area contributed by atoms with Crippen LogP contribution < -0.4 is 0 Å². The summed E-state index contributed by atoms with van der Waals surface area (Å²) in [7, 11) is 0. The fourth-order valence-corrected chi connectivity index (χ4v) is 9.48. The predicted octanol–water partition coefficient (Wildman–Crippen LogP) is 20.4. The Balaban J connectivity index is 0.000000159. The molecule has 1 heterocycles. The summed E-state index contributed by atoms with van der Waals surface area (Å²) in [6.07, 6.45) is 14.0. The van der Waals surface area contributed by atoms with E-state index in [1.165, 1.54) is 119 Å². The number of hydrogen-bond donors (Lipinski definition) is 0. The number of allylic oxidation sites excluding steroid dienone is 8. The smallest absolute Gasteiger partial charge is 0.135 e. The highest BCUT2D eigenvalue weighted by Crippen LogP contribution is 2.50. The summed E-state index contributed by atoms with van der Waals surface area (Å²) in [5.41, 5.74) is 25.6. The molecule has 0 unspecified atom stereocenters. The van der Waals surface area contributed by atoms with Crippen molar-refractivity contribution in [2.24, 2.45) is 0 Å². The highest BCUT2D eigenvalue weighted by molar-refractivity contribution is 6.05. The molecule has 0 spiro atoms. The lowest BCUT2D eigenvalue weighted by atomic mass is 9.78. The van der Waals surface area contributed by atoms with Crippen molar-refractivity contribution in [1.29, 1.82) is 0 Å². The van der Waals surface area contributed by atoms with Crippen LogP contribution in [0.5, 0.6) is 0 Å². The van der Waals surface area contributed by atoms with Gasteiger partial charge in [-0.1, -0.05) is 232 Å². The van der Waals surface area contributed by atoms with Crippen molar-refractivity contribution in [3.63, 3.8) is 0 Å². The number of para-hydroxylation sites is 1. The monoisotopic (exact) mass is 909 g/mol. The minimum absolute atomic E-state index is 0.238. The zero-order chi connectivity index (χ0) is 49.7. The van der Waals surface area contributed by atoms with Crippen LogP contribution >= 0.6 is 0 Å². The molecular formula is C68H76O. The van der Waals surface area contributed by atoms with Gasteiger partial charge >= 0.3 is 0 Å². The largest absolute Gasteiger partial charge is 0.456 e. The van der Waals surface area contributed by atoms with E-state index in [4.69, 9.17) is 4.42 Å². The van der Waals surface area contributed by atoms with Gasteiger partial charge in [0.15, 0.2) is 0 Å². The first-order valence-corrected chi connectivity index (χ1v) is 25.4. The highest BCUT2D eigenvalue weighted by Gasteiger charge is 2.37. The van der Waals surface area contributed by atoms with Gasteiger partial charge in [-0.2, -0.15) is 0 Å². The molecule has 0 amide bonds. The maximum Gasteiger partial charge on any atom is 0.135 e.